The van der Waals surface area contributed by atoms with Crippen molar-refractivity contribution < 1.29 is 30.0 Å². The topological polar surface area (TPSA) is 76.0 Å². The number of fused-ring (bicyclic) bond motifs is 3. The van der Waals surface area contributed by atoms with E-state index in [4.69, 9.17) is 9.97 Å². The summed E-state index contributed by atoms with van der Waals surface area (Å²) in [6.45, 7) is 24.3. The second kappa shape index (κ2) is 14.2. The summed E-state index contributed by atoms with van der Waals surface area (Å²) in [5.41, 5.74) is 6.84. The molecule has 6 heteroatoms. The fourth-order valence-electron chi connectivity index (χ4n) is 4.60. The number of hydrogen-bond acceptors (Lipinski definition) is 5. The molecule has 0 unspecified atom stereocenters. The molecule has 0 bridgehead atoms. The Morgan fingerprint density at radius 3 is 2.12 bits per heavy atom. The van der Waals surface area contributed by atoms with Gasteiger partial charge in [-0.05, 0) is 43.3 Å². The summed E-state index contributed by atoms with van der Waals surface area (Å²) >= 11 is 0. The van der Waals surface area contributed by atoms with E-state index in [0.29, 0.717) is 0 Å². The van der Waals surface area contributed by atoms with Crippen LogP contribution in [0.2, 0.25) is 0 Å². The van der Waals surface area contributed by atoms with Gasteiger partial charge in [-0.25, -0.2) is 4.98 Å². The van der Waals surface area contributed by atoms with Gasteiger partial charge in [0, 0.05) is 65.6 Å². The zero-order chi connectivity index (χ0) is 31.6. The molecule has 1 N–H and O–H groups in total. The van der Waals surface area contributed by atoms with Crippen LogP contribution in [0.25, 0.3) is 32.9 Å². The van der Waals surface area contributed by atoms with Crippen molar-refractivity contribution in [3.05, 3.63) is 76.6 Å². The van der Waals surface area contributed by atoms with Crippen molar-refractivity contribution in [2.45, 2.75) is 102 Å². The zero-order valence-electron chi connectivity index (χ0n) is 28.0. The molecule has 4 rings (SSSR count). The first-order valence-electron chi connectivity index (χ1n) is 15.1. The number of benzene rings is 2. The molecule has 2 heterocycles. The minimum Gasteiger partial charge on any atom is -0.512 e. The van der Waals surface area contributed by atoms with Crippen molar-refractivity contribution in [3.63, 3.8) is 0 Å². The van der Waals surface area contributed by atoms with Crippen molar-refractivity contribution in [1.82, 2.24) is 15.0 Å². The van der Waals surface area contributed by atoms with Crippen LogP contribution in [0.5, 0.6) is 0 Å². The van der Waals surface area contributed by atoms with E-state index in [1.165, 1.54) is 17.0 Å². The molecule has 2 aromatic carbocycles. The van der Waals surface area contributed by atoms with Gasteiger partial charge in [0.15, 0.2) is 5.78 Å². The molecular weight excluding hydrogens is 711 g/mol. The Bertz CT molecular complexity index is 1630. The van der Waals surface area contributed by atoms with Crippen molar-refractivity contribution in [2.24, 2.45) is 10.8 Å². The normalized spacial score (nSPS) is 12.3. The standard InChI is InChI=1S/C24H24N3.C13H24O2.Ir/c1-13(2)24-26-22(18-10-14(3)9-15(4)11-18)20-8-7-19-17(6)25-12-16(5)21(19)23(20)27-24;1-7-12(3,4)10(14)9-11(15)13(5,6)8-2;/h7-10,12-13H,1-6H3;9,14H,7-8H2,1-6H3;/q-1;;/b;10-9-;. The third-order valence-corrected chi connectivity index (χ3v) is 8.44. The number of pyridine rings is 1. The molecule has 0 saturated heterocycles. The minimum absolute atomic E-state index is 0. The van der Waals surface area contributed by atoms with E-state index in [0.717, 1.165) is 63.0 Å². The van der Waals surface area contributed by atoms with Crippen LogP contribution in [0.1, 0.15) is 102 Å². The Morgan fingerprint density at radius 1 is 0.953 bits per heavy atom. The smallest absolute Gasteiger partial charge is 0.164 e. The fraction of sp³-hybridized carbons (Fsp3) is 0.459. The molecule has 0 fully saturated rings. The second-order valence-corrected chi connectivity index (χ2v) is 13.1. The van der Waals surface area contributed by atoms with Crippen molar-refractivity contribution in [2.75, 3.05) is 0 Å². The van der Waals surface area contributed by atoms with Crippen LogP contribution in [-0.2, 0) is 24.9 Å². The molecule has 0 amide bonds. The summed E-state index contributed by atoms with van der Waals surface area (Å²) < 4.78 is 0. The molecule has 0 spiro atoms. The van der Waals surface area contributed by atoms with E-state index in [1.54, 1.807) is 0 Å². The molecule has 5 nitrogen and oxygen atoms in total. The maximum atomic E-state index is 11.8. The van der Waals surface area contributed by atoms with Gasteiger partial charge in [-0.2, -0.15) is 0 Å². The number of ketones is 1. The van der Waals surface area contributed by atoms with Crippen molar-refractivity contribution >= 4 is 27.5 Å². The molecule has 0 aliphatic rings. The summed E-state index contributed by atoms with van der Waals surface area (Å²) in [7, 11) is 0. The summed E-state index contributed by atoms with van der Waals surface area (Å²) in [5.74, 6) is 1.31. The predicted octanol–water partition coefficient (Wildman–Crippen LogP) is 9.87. The van der Waals surface area contributed by atoms with E-state index >= 15 is 0 Å². The van der Waals surface area contributed by atoms with Gasteiger partial charge < -0.3 is 5.11 Å². The third-order valence-electron chi connectivity index (χ3n) is 8.44. The van der Waals surface area contributed by atoms with Crippen LogP contribution in [0.3, 0.4) is 0 Å². The first-order chi connectivity index (χ1) is 19.5. The van der Waals surface area contributed by atoms with E-state index in [1.807, 2.05) is 47.7 Å². The Kier molecular flexibility index (Phi) is 12.0. The average molecular weight is 759 g/mol. The minimum atomic E-state index is -0.377. The third kappa shape index (κ3) is 8.16. The second-order valence-electron chi connectivity index (χ2n) is 13.1. The van der Waals surface area contributed by atoms with Gasteiger partial charge in [0.1, 0.15) is 11.6 Å². The molecule has 0 aliphatic carbocycles. The van der Waals surface area contributed by atoms with Gasteiger partial charge in [0.2, 0.25) is 0 Å². The van der Waals surface area contributed by atoms with Crippen LogP contribution in [0.15, 0.2) is 42.3 Å². The van der Waals surface area contributed by atoms with Crippen LogP contribution < -0.4 is 0 Å². The Labute approximate surface area is 272 Å². The molecule has 1 radical (unpaired) electrons. The van der Waals surface area contributed by atoms with Gasteiger partial charge in [-0.15, -0.1) is 34.9 Å². The zero-order valence-corrected chi connectivity index (χ0v) is 30.4. The molecular formula is C37H48IrN3O2-. The first kappa shape index (κ1) is 36.2. The number of aliphatic hydroxyl groups excluding tert-OH is 1. The van der Waals surface area contributed by atoms with Crippen molar-refractivity contribution in [1.29, 1.82) is 0 Å². The van der Waals surface area contributed by atoms with Gasteiger partial charge >= 0.3 is 0 Å². The van der Waals surface area contributed by atoms with Crippen LogP contribution in [0, 0.1) is 44.6 Å². The maximum Gasteiger partial charge on any atom is 0.164 e. The van der Waals surface area contributed by atoms with Gasteiger partial charge in [-0.1, -0.05) is 81.4 Å². The maximum absolute atomic E-state index is 11.8. The molecule has 0 atom stereocenters. The molecule has 4 aromatic rings. The van der Waals surface area contributed by atoms with Gasteiger partial charge in [0.05, 0.1) is 5.52 Å². The number of aryl methyl sites for hydroxylation is 4. The Balaban J connectivity index is 0.000000348. The summed E-state index contributed by atoms with van der Waals surface area (Å²) in [4.78, 5) is 26.3. The molecule has 0 aliphatic heterocycles. The molecule has 2 aromatic heterocycles. The molecule has 0 saturated carbocycles. The summed E-state index contributed by atoms with van der Waals surface area (Å²) in [6, 6.07) is 12.1. The van der Waals surface area contributed by atoms with Crippen LogP contribution >= 0.6 is 0 Å². The number of allylic oxidation sites excluding steroid dienone is 2. The number of rotatable bonds is 7. The monoisotopic (exact) mass is 759 g/mol. The molecule has 233 valence electrons. The number of aliphatic hydroxyl groups is 1. The fourth-order valence-corrected chi connectivity index (χ4v) is 4.60. The van der Waals surface area contributed by atoms with E-state index in [9.17, 15) is 9.90 Å². The number of nitrogens with zero attached hydrogens (tertiary/aromatic N) is 3. The molecule has 43 heavy (non-hydrogen) atoms. The summed E-state index contributed by atoms with van der Waals surface area (Å²) in [6.07, 6.45) is 4.93. The van der Waals surface area contributed by atoms with E-state index in [-0.39, 0.29) is 48.4 Å². The Hall–Kier alpha value is -2.95. The van der Waals surface area contributed by atoms with E-state index in [2.05, 4.69) is 76.9 Å². The van der Waals surface area contributed by atoms with E-state index < -0.39 is 0 Å². The largest absolute Gasteiger partial charge is 0.512 e. The van der Waals surface area contributed by atoms with Crippen LogP contribution in [-0.4, -0.2) is 25.8 Å². The number of hydrogen-bond donors (Lipinski definition) is 1. The van der Waals surface area contributed by atoms with Crippen LogP contribution in [0.4, 0.5) is 0 Å². The quantitative estimate of drug-likeness (QED) is 0.0880. The number of carbonyl (C=O) groups is 1. The average Bonchev–Trinajstić information content (AvgIpc) is 2.93. The number of aromatic nitrogens is 3. The van der Waals surface area contributed by atoms with Gasteiger partial charge in [-0.3, -0.25) is 14.8 Å². The first-order valence-corrected chi connectivity index (χ1v) is 15.1. The van der Waals surface area contributed by atoms with Gasteiger partial charge in [0.25, 0.3) is 0 Å². The summed E-state index contributed by atoms with van der Waals surface area (Å²) in [5, 5.41) is 13.3. The van der Waals surface area contributed by atoms with Crippen molar-refractivity contribution in [3.8, 4) is 11.3 Å². The predicted molar refractivity (Wildman–Crippen MR) is 176 cm³/mol. The SMILES string of the molecule is CCC(C)(C)C(=O)/C=C(\O)C(C)(C)CC.Cc1[c-]c(-c2nc(C(C)C)nc3c2ccc2c(C)ncc(C)c23)cc(C)c1.[Ir]. The number of carbonyl (C=O) groups excluding carboxylic acids is 1. The Morgan fingerprint density at radius 2 is 1.56 bits per heavy atom.